The Kier molecular flexibility index (Phi) is 8.22. The number of hydrogen-bond donors (Lipinski definition) is 8. The Morgan fingerprint density at radius 1 is 0.644 bits per heavy atom. The van der Waals surface area contributed by atoms with E-state index in [2.05, 4.69) is 0 Å². The first-order chi connectivity index (χ1) is 27.8. The summed E-state index contributed by atoms with van der Waals surface area (Å²) in [6.45, 7) is 3.32. The van der Waals surface area contributed by atoms with Crippen LogP contribution in [0.1, 0.15) is 66.0 Å². The number of aromatic carboxylic acids is 2. The van der Waals surface area contributed by atoms with Crippen LogP contribution in [0.3, 0.4) is 0 Å². The highest BCUT2D eigenvalue weighted by Gasteiger charge is 2.35. The zero-order valence-electron chi connectivity index (χ0n) is 30.5. The second kappa shape index (κ2) is 12.9. The Bertz CT molecular complexity index is 3330. The minimum absolute atomic E-state index is 0.0455. The van der Waals surface area contributed by atoms with Crippen molar-refractivity contribution in [2.75, 3.05) is 0 Å². The third-order valence-corrected chi connectivity index (χ3v) is 10.3. The number of rotatable bonds is 6. The molecule has 8 rings (SSSR count). The molecule has 0 amide bonds. The standard InChI is InChI=1S/C41H26O18/c1-11-14(4-17-33(48)16-6-20(43)21(44)7-24(16)58-38(17)27(11)12(2)42)37-18(34(49)28-26(59-37)9-23(46)35(50)30(28)40(52)53)5-15-13(3)57-39-19(32(15)47)10-56-25-8-22(45)36(51)31(29(25)39)41(54)55/h4,6-9,43-46,50-51H,5,10H2,1-3H3,(H,52,53)(H,54,55). The maximum Gasteiger partial charge on any atom is 0.340 e. The topological polar surface area (TPSA) is 313 Å². The van der Waals surface area contributed by atoms with Gasteiger partial charge in [-0.1, -0.05) is 0 Å². The number of Topliss-reactive ketones (excluding diaryl/α,β-unsaturated/α-hetero) is 1. The summed E-state index contributed by atoms with van der Waals surface area (Å²) in [7, 11) is 0. The van der Waals surface area contributed by atoms with Gasteiger partial charge in [0, 0.05) is 41.3 Å². The third-order valence-electron chi connectivity index (χ3n) is 10.3. The van der Waals surface area contributed by atoms with E-state index in [9.17, 15) is 69.6 Å². The van der Waals surface area contributed by atoms with Crippen LogP contribution in [0.2, 0.25) is 0 Å². The van der Waals surface area contributed by atoms with E-state index in [-0.39, 0.29) is 72.6 Å². The van der Waals surface area contributed by atoms with Gasteiger partial charge in [-0.2, -0.15) is 0 Å². The predicted molar refractivity (Wildman–Crippen MR) is 202 cm³/mol. The molecule has 18 heteroatoms. The van der Waals surface area contributed by atoms with E-state index in [1.807, 2.05) is 0 Å². The zero-order valence-corrected chi connectivity index (χ0v) is 30.5. The van der Waals surface area contributed by atoms with Crippen LogP contribution in [0.4, 0.5) is 0 Å². The number of aromatic hydroxyl groups is 6. The summed E-state index contributed by atoms with van der Waals surface area (Å²) < 4.78 is 23.7. The largest absolute Gasteiger partial charge is 0.504 e. The normalized spacial score (nSPS) is 12.1. The molecule has 0 aliphatic carbocycles. The van der Waals surface area contributed by atoms with Gasteiger partial charge in [0.15, 0.2) is 51.1 Å². The van der Waals surface area contributed by atoms with Gasteiger partial charge in [0.1, 0.15) is 57.5 Å². The van der Waals surface area contributed by atoms with Crippen LogP contribution in [0, 0.1) is 13.8 Å². The molecule has 8 N–H and O–H groups in total. The maximum atomic E-state index is 14.7. The molecular formula is C41H26O18. The lowest BCUT2D eigenvalue weighted by atomic mass is 9.89. The van der Waals surface area contributed by atoms with Gasteiger partial charge < -0.3 is 58.8 Å². The first kappa shape index (κ1) is 37.6. The van der Waals surface area contributed by atoms with E-state index < -0.39 is 115 Å². The highest BCUT2D eigenvalue weighted by molar-refractivity contribution is 6.11. The molecule has 0 atom stereocenters. The van der Waals surface area contributed by atoms with Gasteiger partial charge in [0.2, 0.25) is 5.43 Å². The average molecular weight is 807 g/mol. The van der Waals surface area contributed by atoms with E-state index >= 15 is 0 Å². The van der Waals surface area contributed by atoms with Gasteiger partial charge >= 0.3 is 11.9 Å². The Morgan fingerprint density at radius 3 is 1.93 bits per heavy atom. The second-order valence-corrected chi connectivity index (χ2v) is 13.7. The van der Waals surface area contributed by atoms with Crippen LogP contribution < -0.4 is 21.0 Å². The number of carbonyl (C=O) groups excluding carboxylic acids is 1. The molecule has 3 aromatic heterocycles. The number of carbonyl (C=O) groups is 3. The molecule has 0 radical (unpaired) electrons. The third kappa shape index (κ3) is 5.41. The van der Waals surface area contributed by atoms with E-state index in [1.165, 1.54) is 19.9 Å². The number of carboxylic acid groups (broad SMARTS) is 2. The van der Waals surface area contributed by atoms with Crippen LogP contribution in [0.5, 0.6) is 40.2 Å². The quantitative estimate of drug-likeness (QED) is 0.0602. The molecule has 1 aliphatic rings. The van der Waals surface area contributed by atoms with Crippen LogP contribution in [0.25, 0.3) is 55.6 Å². The molecule has 0 bridgehead atoms. The first-order valence-corrected chi connectivity index (χ1v) is 17.2. The number of phenolic OH excluding ortho intramolecular Hbond substituents is 4. The number of benzene rings is 4. The van der Waals surface area contributed by atoms with Gasteiger partial charge in [0.25, 0.3) is 0 Å². The summed E-state index contributed by atoms with van der Waals surface area (Å²) in [6, 6.07) is 4.82. The smallest absolute Gasteiger partial charge is 0.340 e. The minimum Gasteiger partial charge on any atom is -0.504 e. The molecule has 4 aromatic carbocycles. The molecule has 4 heterocycles. The number of hydrogen-bond acceptors (Lipinski definition) is 16. The molecule has 59 heavy (non-hydrogen) atoms. The molecule has 0 unspecified atom stereocenters. The fourth-order valence-corrected chi connectivity index (χ4v) is 7.49. The summed E-state index contributed by atoms with van der Waals surface area (Å²) >= 11 is 0. The average Bonchev–Trinajstić information content (AvgIpc) is 3.15. The number of aryl methyl sites for hydroxylation is 1. The zero-order chi connectivity index (χ0) is 42.7. The van der Waals surface area contributed by atoms with Gasteiger partial charge in [-0.05, 0) is 38.5 Å². The van der Waals surface area contributed by atoms with E-state index in [1.54, 1.807) is 0 Å². The summed E-state index contributed by atoms with van der Waals surface area (Å²) in [5.74, 6) is -10.7. The van der Waals surface area contributed by atoms with Crippen LogP contribution >= 0.6 is 0 Å². The summed E-state index contributed by atoms with van der Waals surface area (Å²) in [5, 5.41) is 80.7. The maximum absolute atomic E-state index is 14.7. The van der Waals surface area contributed by atoms with Crippen molar-refractivity contribution in [3.05, 3.63) is 106 Å². The molecule has 1 aliphatic heterocycles. The summed E-state index contributed by atoms with van der Waals surface area (Å²) in [5.41, 5.74) is -7.36. The Labute approximate surface area is 325 Å². The monoisotopic (exact) mass is 806 g/mol. The Morgan fingerprint density at radius 2 is 1.27 bits per heavy atom. The second-order valence-electron chi connectivity index (χ2n) is 13.7. The van der Waals surface area contributed by atoms with Crippen LogP contribution in [-0.4, -0.2) is 58.6 Å². The number of ether oxygens (including phenoxy) is 1. The van der Waals surface area contributed by atoms with Crippen molar-refractivity contribution in [3.8, 4) is 62.9 Å². The highest BCUT2D eigenvalue weighted by Crippen LogP contribution is 2.48. The van der Waals surface area contributed by atoms with Crippen molar-refractivity contribution in [3.63, 3.8) is 0 Å². The SMILES string of the molecule is CC(=O)c1c(C)c(-c2oc3cc(O)c(O)c(C(=O)O)c3c(=O)c2Cc2c(C)oc3c(c2=O)COc2cc(O)c(O)c(C(=O)O)c2-3)cc2c(=O)c3cc(O)c(O)cc3oc12. The van der Waals surface area contributed by atoms with E-state index in [0.29, 0.717) is 0 Å². The molecule has 0 fully saturated rings. The van der Waals surface area contributed by atoms with Crippen LogP contribution in [-0.2, 0) is 13.0 Å². The molecule has 298 valence electrons. The van der Waals surface area contributed by atoms with Crippen molar-refractivity contribution < 1.29 is 73.2 Å². The number of phenols is 6. The molecule has 18 nitrogen and oxygen atoms in total. The highest BCUT2D eigenvalue weighted by atomic mass is 16.5. The summed E-state index contributed by atoms with van der Waals surface area (Å²) in [4.78, 5) is 81.0. The van der Waals surface area contributed by atoms with E-state index in [0.717, 1.165) is 31.2 Å². The number of fused-ring (bicyclic) bond motifs is 6. The molecular weight excluding hydrogens is 780 g/mol. The first-order valence-electron chi connectivity index (χ1n) is 17.2. The van der Waals surface area contributed by atoms with Crippen molar-refractivity contribution >= 4 is 50.6 Å². The van der Waals surface area contributed by atoms with Gasteiger partial charge in [-0.3, -0.25) is 19.2 Å². The van der Waals surface area contributed by atoms with Crippen LogP contribution in [0.15, 0.2) is 58.0 Å². The molecule has 0 saturated heterocycles. The lowest BCUT2D eigenvalue weighted by Crippen LogP contribution is -2.25. The van der Waals surface area contributed by atoms with Crippen molar-refractivity contribution in [2.45, 2.75) is 33.8 Å². The molecule has 0 spiro atoms. The lowest BCUT2D eigenvalue weighted by Gasteiger charge is -2.23. The van der Waals surface area contributed by atoms with Crippen molar-refractivity contribution in [1.29, 1.82) is 0 Å². The summed E-state index contributed by atoms with van der Waals surface area (Å²) in [6.07, 6.45) is -0.735. The van der Waals surface area contributed by atoms with E-state index in [4.69, 9.17) is 18.0 Å². The minimum atomic E-state index is -1.85. The van der Waals surface area contributed by atoms with Gasteiger partial charge in [-0.25, -0.2) is 9.59 Å². The van der Waals surface area contributed by atoms with Crippen molar-refractivity contribution in [2.24, 2.45) is 0 Å². The number of ketones is 1. The van der Waals surface area contributed by atoms with Gasteiger partial charge in [-0.15, -0.1) is 0 Å². The number of carboxylic acids is 2. The Hall–Kier alpha value is -8.28. The molecule has 0 saturated carbocycles. The fraction of sp³-hybridized carbons (Fsp3) is 0.122. The predicted octanol–water partition coefficient (Wildman–Crippen LogP) is 5.27. The van der Waals surface area contributed by atoms with Gasteiger partial charge in [0.05, 0.1) is 32.8 Å². The lowest BCUT2D eigenvalue weighted by molar-refractivity contribution is 0.0682. The van der Waals surface area contributed by atoms with Crippen molar-refractivity contribution in [1.82, 2.24) is 0 Å². The fourth-order valence-electron chi connectivity index (χ4n) is 7.49. The molecule has 7 aromatic rings. The Balaban J connectivity index is 1.47.